The van der Waals surface area contributed by atoms with E-state index in [2.05, 4.69) is 48.0 Å². The number of hydrogen-bond acceptors (Lipinski definition) is 4. The molecule has 0 bridgehead atoms. The van der Waals surface area contributed by atoms with E-state index in [-0.39, 0.29) is 0 Å². The zero-order valence-electron chi connectivity index (χ0n) is 13.8. The lowest BCUT2D eigenvalue weighted by Gasteiger charge is -2.41. The lowest BCUT2D eigenvalue weighted by atomic mass is 10.1. The van der Waals surface area contributed by atoms with Crippen molar-refractivity contribution in [3.05, 3.63) is 24.3 Å². The van der Waals surface area contributed by atoms with Crippen LogP contribution < -0.4 is 15.0 Å². The van der Waals surface area contributed by atoms with Gasteiger partial charge in [0, 0.05) is 38.3 Å². The Balaban J connectivity index is 1.94. The number of nitrogens with one attached hydrogen (secondary N) is 1. The van der Waals surface area contributed by atoms with Gasteiger partial charge in [-0.1, -0.05) is 19.1 Å². The van der Waals surface area contributed by atoms with Crippen LogP contribution in [0.25, 0.3) is 0 Å². The van der Waals surface area contributed by atoms with Gasteiger partial charge in [-0.15, -0.1) is 0 Å². The maximum atomic E-state index is 5.48. The van der Waals surface area contributed by atoms with E-state index in [0.717, 1.165) is 38.5 Å². The first-order chi connectivity index (χ1) is 10.2. The standard InChI is InChI=1S/C17H29N3O/c1-5-18-14(2)15(3)19-10-12-20(13-11-19)16-8-6-7-9-17(16)21-4/h6-9,14-15,18H,5,10-13H2,1-4H3. The first-order valence-electron chi connectivity index (χ1n) is 8.02. The monoisotopic (exact) mass is 291 g/mol. The van der Waals surface area contributed by atoms with Crippen molar-refractivity contribution in [2.45, 2.75) is 32.9 Å². The molecule has 2 unspecified atom stereocenters. The van der Waals surface area contributed by atoms with E-state index in [1.807, 2.05) is 12.1 Å². The zero-order chi connectivity index (χ0) is 15.2. The van der Waals surface area contributed by atoms with Crippen LogP contribution in [0.15, 0.2) is 24.3 Å². The number of benzene rings is 1. The van der Waals surface area contributed by atoms with Crippen LogP contribution in [0.5, 0.6) is 5.75 Å². The van der Waals surface area contributed by atoms with Crippen LogP contribution >= 0.6 is 0 Å². The third-order valence-corrected chi connectivity index (χ3v) is 4.57. The summed E-state index contributed by atoms with van der Waals surface area (Å²) in [6.07, 6.45) is 0. The molecule has 0 radical (unpaired) electrons. The Morgan fingerprint density at radius 1 is 1.14 bits per heavy atom. The number of methoxy groups -OCH3 is 1. The lowest BCUT2D eigenvalue weighted by Crippen LogP contribution is -2.54. The molecule has 1 saturated heterocycles. The number of ether oxygens (including phenoxy) is 1. The number of nitrogens with zero attached hydrogens (tertiary/aromatic N) is 2. The Kier molecular flexibility index (Phi) is 5.88. The van der Waals surface area contributed by atoms with Gasteiger partial charge >= 0.3 is 0 Å². The highest BCUT2D eigenvalue weighted by Crippen LogP contribution is 2.28. The third kappa shape index (κ3) is 3.89. The van der Waals surface area contributed by atoms with Gasteiger partial charge in [0.1, 0.15) is 5.75 Å². The largest absolute Gasteiger partial charge is 0.495 e. The maximum Gasteiger partial charge on any atom is 0.142 e. The van der Waals surface area contributed by atoms with Gasteiger partial charge in [0.2, 0.25) is 0 Å². The Bertz CT molecular complexity index is 430. The fourth-order valence-electron chi connectivity index (χ4n) is 3.07. The van der Waals surface area contributed by atoms with Crippen molar-refractivity contribution in [1.82, 2.24) is 10.2 Å². The van der Waals surface area contributed by atoms with Gasteiger partial charge in [0.05, 0.1) is 12.8 Å². The molecule has 1 aromatic carbocycles. The summed E-state index contributed by atoms with van der Waals surface area (Å²) in [7, 11) is 1.75. The minimum absolute atomic E-state index is 0.535. The summed E-state index contributed by atoms with van der Waals surface area (Å²) < 4.78 is 5.48. The first kappa shape index (κ1) is 16.1. The third-order valence-electron chi connectivity index (χ3n) is 4.57. The van der Waals surface area contributed by atoms with Gasteiger partial charge in [-0.25, -0.2) is 0 Å². The zero-order valence-corrected chi connectivity index (χ0v) is 13.8. The molecule has 2 atom stereocenters. The Morgan fingerprint density at radius 2 is 1.81 bits per heavy atom. The summed E-state index contributed by atoms with van der Waals surface area (Å²) in [5, 5.41) is 3.53. The number of para-hydroxylation sites is 2. The summed E-state index contributed by atoms with van der Waals surface area (Å²) in [5.74, 6) is 0.972. The van der Waals surface area contributed by atoms with E-state index in [1.165, 1.54) is 5.69 Å². The average molecular weight is 291 g/mol. The molecule has 0 spiro atoms. The maximum absolute atomic E-state index is 5.48. The molecule has 0 amide bonds. The highest BCUT2D eigenvalue weighted by molar-refractivity contribution is 5.58. The van der Waals surface area contributed by atoms with Crippen molar-refractivity contribution in [3.63, 3.8) is 0 Å². The van der Waals surface area contributed by atoms with E-state index in [0.29, 0.717) is 12.1 Å². The van der Waals surface area contributed by atoms with Crippen molar-refractivity contribution in [3.8, 4) is 5.75 Å². The molecule has 21 heavy (non-hydrogen) atoms. The Labute approximate surface area is 129 Å². The van der Waals surface area contributed by atoms with Gasteiger partial charge in [-0.05, 0) is 32.5 Å². The van der Waals surface area contributed by atoms with Gasteiger partial charge in [-0.2, -0.15) is 0 Å². The van der Waals surface area contributed by atoms with Crippen molar-refractivity contribution in [1.29, 1.82) is 0 Å². The Morgan fingerprint density at radius 3 is 2.43 bits per heavy atom. The second kappa shape index (κ2) is 7.66. The van der Waals surface area contributed by atoms with Gasteiger partial charge in [0.15, 0.2) is 0 Å². The second-order valence-corrected chi connectivity index (χ2v) is 5.78. The number of likely N-dealkylation sites (N-methyl/N-ethyl adjacent to an activating group) is 1. The lowest BCUT2D eigenvalue weighted by molar-refractivity contribution is 0.166. The van der Waals surface area contributed by atoms with E-state index >= 15 is 0 Å². The predicted octanol–water partition coefficient (Wildman–Crippen LogP) is 2.20. The van der Waals surface area contributed by atoms with Crippen LogP contribution in [0, 0.1) is 0 Å². The quantitative estimate of drug-likeness (QED) is 0.869. The van der Waals surface area contributed by atoms with Crippen molar-refractivity contribution >= 4 is 5.69 Å². The minimum Gasteiger partial charge on any atom is -0.495 e. The Hall–Kier alpha value is -1.26. The van der Waals surface area contributed by atoms with Crippen molar-refractivity contribution < 1.29 is 4.74 Å². The molecule has 1 aromatic rings. The smallest absolute Gasteiger partial charge is 0.142 e. The van der Waals surface area contributed by atoms with Crippen molar-refractivity contribution in [2.24, 2.45) is 0 Å². The molecule has 1 aliphatic rings. The molecule has 4 nitrogen and oxygen atoms in total. The van der Waals surface area contributed by atoms with Gasteiger partial charge in [-0.3, -0.25) is 4.90 Å². The highest BCUT2D eigenvalue weighted by Gasteiger charge is 2.25. The summed E-state index contributed by atoms with van der Waals surface area (Å²) in [4.78, 5) is 5.01. The van der Waals surface area contributed by atoms with Crippen LogP contribution in [-0.4, -0.2) is 56.8 Å². The summed E-state index contributed by atoms with van der Waals surface area (Å²) >= 11 is 0. The van der Waals surface area contributed by atoms with Crippen LogP contribution in [0.4, 0.5) is 5.69 Å². The topological polar surface area (TPSA) is 27.7 Å². The molecule has 118 valence electrons. The fourth-order valence-corrected chi connectivity index (χ4v) is 3.07. The minimum atomic E-state index is 0.535. The van der Waals surface area contributed by atoms with Crippen LogP contribution in [0.2, 0.25) is 0 Å². The molecule has 1 fully saturated rings. The molecule has 1 heterocycles. The number of anilines is 1. The molecule has 0 aliphatic carbocycles. The van der Waals surface area contributed by atoms with Crippen LogP contribution in [0.3, 0.4) is 0 Å². The molecule has 4 heteroatoms. The number of piperazine rings is 1. The van der Waals surface area contributed by atoms with E-state index < -0.39 is 0 Å². The average Bonchev–Trinajstić information content (AvgIpc) is 2.54. The second-order valence-electron chi connectivity index (χ2n) is 5.78. The van der Waals surface area contributed by atoms with Crippen molar-refractivity contribution in [2.75, 3.05) is 44.7 Å². The molecular formula is C17H29N3O. The van der Waals surface area contributed by atoms with E-state index in [4.69, 9.17) is 4.74 Å². The molecule has 0 saturated carbocycles. The van der Waals surface area contributed by atoms with Gasteiger partial charge in [0.25, 0.3) is 0 Å². The normalized spacial score (nSPS) is 19.3. The van der Waals surface area contributed by atoms with E-state index in [1.54, 1.807) is 7.11 Å². The SMILES string of the molecule is CCNC(C)C(C)N1CCN(c2ccccc2OC)CC1. The predicted molar refractivity (Wildman–Crippen MR) is 89.4 cm³/mol. The van der Waals surface area contributed by atoms with Crippen LogP contribution in [-0.2, 0) is 0 Å². The number of rotatable bonds is 6. The molecule has 0 aromatic heterocycles. The number of hydrogen-bond donors (Lipinski definition) is 1. The van der Waals surface area contributed by atoms with Gasteiger partial charge < -0.3 is 15.0 Å². The molecule has 1 aliphatic heterocycles. The van der Waals surface area contributed by atoms with E-state index in [9.17, 15) is 0 Å². The summed E-state index contributed by atoms with van der Waals surface area (Å²) in [6, 6.07) is 9.41. The molecular weight excluding hydrogens is 262 g/mol. The summed E-state index contributed by atoms with van der Waals surface area (Å²) in [5.41, 5.74) is 1.21. The highest BCUT2D eigenvalue weighted by atomic mass is 16.5. The first-order valence-corrected chi connectivity index (χ1v) is 8.02. The molecule has 1 N–H and O–H groups in total. The molecule has 2 rings (SSSR count). The fraction of sp³-hybridized carbons (Fsp3) is 0.647. The van der Waals surface area contributed by atoms with Crippen LogP contribution in [0.1, 0.15) is 20.8 Å². The summed E-state index contributed by atoms with van der Waals surface area (Å²) in [6.45, 7) is 12.1.